The van der Waals surface area contributed by atoms with E-state index in [2.05, 4.69) is 14.9 Å². The molecule has 5 heterocycles. The third-order valence-electron chi connectivity index (χ3n) is 5.88. The predicted octanol–water partition coefficient (Wildman–Crippen LogP) is 3.84. The van der Waals surface area contributed by atoms with Crippen LogP contribution in [0.2, 0.25) is 0 Å². The highest BCUT2D eigenvalue weighted by Gasteiger charge is 2.30. The Bertz CT molecular complexity index is 1370. The fourth-order valence-corrected chi connectivity index (χ4v) is 4.22. The van der Waals surface area contributed by atoms with Crippen molar-refractivity contribution in [2.45, 2.75) is 25.6 Å². The Morgan fingerprint density at radius 2 is 1.97 bits per heavy atom. The van der Waals surface area contributed by atoms with Gasteiger partial charge in [-0.1, -0.05) is 0 Å². The topological polar surface area (TPSA) is 64.7 Å². The zero-order valence-electron chi connectivity index (χ0n) is 17.3. The van der Waals surface area contributed by atoms with Crippen molar-refractivity contribution >= 4 is 11.0 Å². The molecule has 164 valence electrons. The highest BCUT2D eigenvalue weighted by atomic mass is 19.4. The van der Waals surface area contributed by atoms with E-state index in [9.17, 15) is 18.0 Å². The number of aryl methyl sites for hydroxylation is 1. The molecule has 0 aliphatic carbocycles. The maximum absolute atomic E-state index is 12.8. The molecule has 6 nitrogen and oxygen atoms in total. The molecule has 1 aliphatic rings. The molecule has 4 aromatic rings. The maximum Gasteiger partial charge on any atom is 0.417 e. The average molecular weight is 439 g/mol. The average Bonchev–Trinajstić information content (AvgIpc) is 2.93. The molecule has 32 heavy (non-hydrogen) atoms. The van der Waals surface area contributed by atoms with Crippen LogP contribution in [0.4, 0.5) is 13.2 Å². The lowest BCUT2D eigenvalue weighted by Gasteiger charge is -2.09. The first-order valence-corrected chi connectivity index (χ1v) is 10.3. The summed E-state index contributed by atoms with van der Waals surface area (Å²) in [4.78, 5) is 21.4. The van der Waals surface area contributed by atoms with Crippen LogP contribution in [-0.4, -0.2) is 25.6 Å². The van der Waals surface area contributed by atoms with E-state index in [0.717, 1.165) is 49.2 Å². The van der Waals surface area contributed by atoms with E-state index in [4.69, 9.17) is 4.98 Å². The van der Waals surface area contributed by atoms with Crippen LogP contribution in [0.5, 0.6) is 0 Å². The molecule has 0 saturated carbocycles. The molecule has 4 aromatic heterocycles. The van der Waals surface area contributed by atoms with Crippen LogP contribution >= 0.6 is 0 Å². The van der Waals surface area contributed by atoms with Crippen LogP contribution < -0.4 is 10.9 Å². The number of fused-ring (bicyclic) bond motifs is 3. The van der Waals surface area contributed by atoms with E-state index in [-0.39, 0.29) is 5.56 Å². The lowest BCUT2D eigenvalue weighted by Crippen LogP contribution is -2.18. The molecule has 0 aromatic carbocycles. The van der Waals surface area contributed by atoms with Crippen LogP contribution in [0.15, 0.2) is 53.6 Å². The molecule has 5 rings (SSSR count). The van der Waals surface area contributed by atoms with E-state index in [0.29, 0.717) is 17.1 Å². The van der Waals surface area contributed by atoms with Crippen molar-refractivity contribution in [3.05, 3.63) is 76.0 Å². The van der Waals surface area contributed by atoms with Gasteiger partial charge in [0.05, 0.1) is 11.3 Å². The predicted molar refractivity (Wildman–Crippen MR) is 115 cm³/mol. The molecule has 1 N–H and O–H groups in total. The van der Waals surface area contributed by atoms with Gasteiger partial charge in [-0.15, -0.1) is 0 Å². The van der Waals surface area contributed by atoms with Gasteiger partial charge in [-0.25, -0.2) is 4.98 Å². The van der Waals surface area contributed by atoms with Gasteiger partial charge in [0.25, 0.3) is 5.56 Å². The number of hydrogen-bond acceptors (Lipinski definition) is 4. The van der Waals surface area contributed by atoms with E-state index in [1.165, 1.54) is 28.0 Å². The van der Waals surface area contributed by atoms with Crippen molar-refractivity contribution in [2.24, 2.45) is 7.05 Å². The van der Waals surface area contributed by atoms with Crippen molar-refractivity contribution in [2.75, 3.05) is 6.54 Å². The first-order valence-electron chi connectivity index (χ1n) is 10.3. The Kier molecular flexibility index (Phi) is 4.85. The van der Waals surface area contributed by atoms with Crippen LogP contribution in [0.3, 0.4) is 0 Å². The summed E-state index contributed by atoms with van der Waals surface area (Å²) in [5, 5.41) is 4.50. The smallest absolute Gasteiger partial charge is 0.332 e. The number of nitrogens with one attached hydrogen (secondary N) is 1. The standard InChI is InChI=1S/C23H20F3N5O/c1-30-19-3-2-9-27-13-17(19)16-5-7-20(29-22(16)30)31-10-8-14(11-21(31)32)18-6-4-15(12-28-18)23(24,25)26/h4-8,10-12,27H,2-3,9,13H2,1H3. The number of aromatic nitrogens is 4. The fourth-order valence-electron chi connectivity index (χ4n) is 4.22. The van der Waals surface area contributed by atoms with E-state index < -0.39 is 11.7 Å². The van der Waals surface area contributed by atoms with Gasteiger partial charge in [0.1, 0.15) is 11.5 Å². The Morgan fingerprint density at radius 3 is 2.69 bits per heavy atom. The SMILES string of the molecule is Cn1c2c(c3ccc(-n4ccc(-c5ccc(C(F)(F)F)cn5)cc4=O)nc31)CNCCC2. The van der Waals surface area contributed by atoms with Crippen LogP contribution in [0.1, 0.15) is 23.2 Å². The quantitative estimate of drug-likeness (QED) is 0.516. The van der Waals surface area contributed by atoms with Crippen molar-refractivity contribution < 1.29 is 13.2 Å². The number of pyridine rings is 3. The maximum atomic E-state index is 12.8. The zero-order valence-corrected chi connectivity index (χ0v) is 17.3. The van der Waals surface area contributed by atoms with Gasteiger partial charge in [0, 0.05) is 48.7 Å². The number of nitrogens with zero attached hydrogens (tertiary/aromatic N) is 4. The molecule has 0 spiro atoms. The summed E-state index contributed by atoms with van der Waals surface area (Å²) in [6.07, 6.45) is -0.0852. The van der Waals surface area contributed by atoms with Gasteiger partial charge in [0.2, 0.25) is 0 Å². The molecule has 0 radical (unpaired) electrons. The first kappa shape index (κ1) is 20.4. The van der Waals surface area contributed by atoms with Crippen molar-refractivity contribution in [3.8, 4) is 17.1 Å². The lowest BCUT2D eigenvalue weighted by molar-refractivity contribution is -0.137. The normalized spacial score (nSPS) is 14.4. The van der Waals surface area contributed by atoms with E-state index in [1.54, 1.807) is 12.3 Å². The molecule has 0 saturated heterocycles. The molecule has 0 amide bonds. The van der Waals surface area contributed by atoms with Gasteiger partial charge in [-0.3, -0.25) is 14.3 Å². The first-order chi connectivity index (χ1) is 15.3. The zero-order chi connectivity index (χ0) is 22.5. The third kappa shape index (κ3) is 3.48. The second-order valence-corrected chi connectivity index (χ2v) is 7.86. The molecular formula is C23H20F3N5O. The van der Waals surface area contributed by atoms with Gasteiger partial charge in [0.15, 0.2) is 0 Å². The molecule has 0 fully saturated rings. The number of halogens is 3. The lowest BCUT2D eigenvalue weighted by atomic mass is 10.1. The highest BCUT2D eigenvalue weighted by molar-refractivity contribution is 5.83. The summed E-state index contributed by atoms with van der Waals surface area (Å²) in [5.74, 6) is 0.484. The minimum atomic E-state index is -4.45. The molecule has 0 bridgehead atoms. The van der Waals surface area contributed by atoms with Crippen molar-refractivity contribution in [1.82, 2.24) is 24.4 Å². The number of alkyl halides is 3. The summed E-state index contributed by atoms with van der Waals surface area (Å²) in [6.45, 7) is 1.78. The monoisotopic (exact) mass is 439 g/mol. The minimum absolute atomic E-state index is 0.296. The van der Waals surface area contributed by atoms with Gasteiger partial charge >= 0.3 is 6.18 Å². The highest BCUT2D eigenvalue weighted by Crippen LogP contribution is 2.30. The van der Waals surface area contributed by atoms with Crippen molar-refractivity contribution in [3.63, 3.8) is 0 Å². The van der Waals surface area contributed by atoms with Gasteiger partial charge < -0.3 is 9.88 Å². The summed E-state index contributed by atoms with van der Waals surface area (Å²) >= 11 is 0. The Balaban J connectivity index is 1.52. The van der Waals surface area contributed by atoms with Crippen LogP contribution in [0, 0.1) is 0 Å². The summed E-state index contributed by atoms with van der Waals surface area (Å²) in [7, 11) is 1.99. The fraction of sp³-hybridized carbons (Fsp3) is 0.261. The molecular weight excluding hydrogens is 419 g/mol. The van der Waals surface area contributed by atoms with E-state index in [1.807, 2.05) is 19.2 Å². The number of rotatable bonds is 2. The Morgan fingerprint density at radius 1 is 1.12 bits per heavy atom. The second kappa shape index (κ2) is 7.59. The van der Waals surface area contributed by atoms with E-state index >= 15 is 0 Å². The van der Waals surface area contributed by atoms with Crippen LogP contribution in [0.25, 0.3) is 28.1 Å². The van der Waals surface area contributed by atoms with Crippen LogP contribution in [-0.2, 0) is 26.2 Å². The summed E-state index contributed by atoms with van der Waals surface area (Å²) in [6, 6.07) is 9.01. The van der Waals surface area contributed by atoms with Crippen molar-refractivity contribution in [1.29, 1.82) is 0 Å². The summed E-state index contributed by atoms with van der Waals surface area (Å²) < 4.78 is 41.8. The van der Waals surface area contributed by atoms with Gasteiger partial charge in [-0.2, -0.15) is 13.2 Å². The Labute approximate surface area is 181 Å². The molecule has 0 unspecified atom stereocenters. The third-order valence-corrected chi connectivity index (χ3v) is 5.88. The second-order valence-electron chi connectivity index (χ2n) is 7.86. The Hall–Kier alpha value is -3.46. The minimum Gasteiger partial charge on any atom is -0.332 e. The largest absolute Gasteiger partial charge is 0.417 e. The molecule has 1 aliphatic heterocycles. The summed E-state index contributed by atoms with van der Waals surface area (Å²) in [5.41, 5.74) is 2.89. The molecule has 0 atom stereocenters. The number of hydrogen-bond donors (Lipinski definition) is 1. The molecule has 9 heteroatoms. The van der Waals surface area contributed by atoms with Gasteiger partial charge in [-0.05, 0) is 55.3 Å².